The van der Waals surface area contributed by atoms with Crippen molar-refractivity contribution in [2.45, 2.75) is 317 Å². The molecule has 0 aliphatic carbocycles. The summed E-state index contributed by atoms with van der Waals surface area (Å²) < 4.78 is 34.7. The van der Waals surface area contributed by atoms with Crippen molar-refractivity contribution < 1.29 is 104 Å². The summed E-state index contributed by atoms with van der Waals surface area (Å²) in [5.74, 6) is -6.14. The second kappa shape index (κ2) is 41.5. The van der Waals surface area contributed by atoms with Gasteiger partial charge in [-0.1, -0.05) is 180 Å². The molecule has 82 heavy (non-hydrogen) atoms. The van der Waals surface area contributed by atoms with Crippen molar-refractivity contribution in [2.24, 2.45) is 0 Å². The van der Waals surface area contributed by atoms with E-state index in [0.717, 1.165) is 51.9 Å². The van der Waals surface area contributed by atoms with Crippen LogP contribution in [0.5, 0.6) is 0 Å². The summed E-state index contributed by atoms with van der Waals surface area (Å²) in [5, 5.41) is 135. The van der Waals surface area contributed by atoms with Gasteiger partial charge in [0.25, 0.3) is 5.79 Å². The van der Waals surface area contributed by atoms with Gasteiger partial charge in [-0.05, 0) is 19.3 Å². The Balaban J connectivity index is 1.67. The number of allylic oxidation sites excluding steroid dienone is 1. The van der Waals surface area contributed by atoms with E-state index in [1.807, 2.05) is 6.08 Å². The Hall–Kier alpha value is -2.53. The monoisotopic (exact) mass is 1180 g/mol. The highest BCUT2D eigenvalue weighted by Gasteiger charge is 2.60. The predicted molar refractivity (Wildman–Crippen MR) is 301 cm³/mol. The normalized spacial score (nSPS) is 30.2. The second-order valence-electron chi connectivity index (χ2n) is 22.9. The fourth-order valence-electron chi connectivity index (χ4n) is 10.9. The molecule has 3 fully saturated rings. The highest BCUT2D eigenvalue weighted by atomic mass is 16.8. The lowest BCUT2D eigenvalue weighted by atomic mass is 9.88. The smallest absolute Gasteiger partial charge is 0.364 e. The number of carbonyl (C=O) groups is 3. The molecule has 3 saturated heterocycles. The first kappa shape index (κ1) is 73.7. The van der Waals surface area contributed by atoms with Crippen molar-refractivity contribution in [3.8, 4) is 0 Å². The molecule has 0 saturated carbocycles. The lowest BCUT2D eigenvalue weighted by Gasteiger charge is -2.50. The van der Waals surface area contributed by atoms with Crippen LogP contribution in [-0.2, 0) is 42.8 Å². The van der Waals surface area contributed by atoms with Crippen molar-refractivity contribution in [2.75, 3.05) is 26.4 Å². The maximum atomic E-state index is 13.4. The number of carbonyl (C=O) groups excluding carboxylic acids is 2. The van der Waals surface area contributed by atoms with E-state index in [2.05, 4.69) is 24.5 Å². The molecule has 3 aliphatic rings. The van der Waals surface area contributed by atoms with Crippen LogP contribution in [0.3, 0.4) is 0 Å². The summed E-state index contributed by atoms with van der Waals surface area (Å²) in [4.78, 5) is 38.4. The van der Waals surface area contributed by atoms with Gasteiger partial charge in [0.2, 0.25) is 11.8 Å². The first-order valence-corrected chi connectivity index (χ1v) is 31.1. The average Bonchev–Trinajstić information content (AvgIpc) is 3.65. The first-order chi connectivity index (χ1) is 39.4. The number of nitrogens with one attached hydrogen (secondary N) is 2. The molecule has 3 heterocycles. The number of aliphatic hydroxyl groups excluding tert-OH is 11. The van der Waals surface area contributed by atoms with E-state index in [0.29, 0.717) is 12.8 Å². The number of unbranched alkanes of at least 4 members (excludes halogenated alkanes) is 25. The predicted octanol–water partition coefficient (Wildman–Crippen LogP) is 3.17. The summed E-state index contributed by atoms with van der Waals surface area (Å²) in [5.41, 5.74) is 0. The van der Waals surface area contributed by atoms with Crippen LogP contribution in [0.1, 0.15) is 207 Å². The molecule has 14 N–H and O–H groups in total. The zero-order valence-corrected chi connectivity index (χ0v) is 49.3. The van der Waals surface area contributed by atoms with Crippen LogP contribution in [0.2, 0.25) is 0 Å². The van der Waals surface area contributed by atoms with Gasteiger partial charge in [-0.3, -0.25) is 9.59 Å². The molecule has 3 aliphatic heterocycles. The molecule has 0 radical (unpaired) electrons. The summed E-state index contributed by atoms with van der Waals surface area (Å²) in [6.07, 6.45) is 5.61. The highest BCUT2D eigenvalue weighted by Crippen LogP contribution is 2.38. The molecule has 3 rings (SSSR count). The molecule has 0 aromatic heterocycles. The van der Waals surface area contributed by atoms with Crippen LogP contribution in [0.15, 0.2) is 12.2 Å². The summed E-state index contributed by atoms with van der Waals surface area (Å²) in [6, 6.07) is -2.61. The molecule has 0 spiro atoms. The highest BCUT2D eigenvalue weighted by molar-refractivity contribution is 5.77. The van der Waals surface area contributed by atoms with Gasteiger partial charge in [0.1, 0.15) is 67.1 Å². The fraction of sp³-hybridized carbons (Fsp3) is 0.915. The summed E-state index contributed by atoms with van der Waals surface area (Å²) in [7, 11) is 0. The molecule has 23 nitrogen and oxygen atoms in total. The Kier molecular flexibility index (Phi) is 37.4. The Morgan fingerprint density at radius 1 is 0.634 bits per heavy atom. The third-order valence-corrected chi connectivity index (χ3v) is 16.0. The Labute approximate surface area is 486 Å². The molecule has 23 heteroatoms. The molecule has 18 atom stereocenters. The molecular weight excluding hydrogens is 1070 g/mol. The van der Waals surface area contributed by atoms with Gasteiger partial charge in [0.15, 0.2) is 12.6 Å². The number of amides is 2. The van der Waals surface area contributed by atoms with Crippen LogP contribution >= 0.6 is 0 Å². The zero-order chi connectivity index (χ0) is 60.5. The van der Waals surface area contributed by atoms with Crippen LogP contribution < -0.4 is 10.6 Å². The summed E-state index contributed by atoms with van der Waals surface area (Å²) >= 11 is 0. The van der Waals surface area contributed by atoms with Crippen molar-refractivity contribution in [1.82, 2.24) is 10.6 Å². The number of carboxylic acid groups (broad SMARTS) is 1. The van der Waals surface area contributed by atoms with E-state index in [1.54, 1.807) is 6.08 Å². The molecule has 0 bridgehead atoms. The van der Waals surface area contributed by atoms with E-state index in [1.165, 1.54) is 116 Å². The first-order valence-electron chi connectivity index (χ1n) is 31.1. The van der Waals surface area contributed by atoms with Gasteiger partial charge >= 0.3 is 5.97 Å². The molecular formula is C59H108N2O21. The van der Waals surface area contributed by atoms with Crippen LogP contribution in [0.4, 0.5) is 0 Å². The van der Waals surface area contributed by atoms with Gasteiger partial charge in [-0.2, -0.15) is 0 Å². The Morgan fingerprint density at radius 3 is 1.62 bits per heavy atom. The van der Waals surface area contributed by atoms with E-state index in [4.69, 9.17) is 28.4 Å². The minimum absolute atomic E-state index is 0.204. The van der Waals surface area contributed by atoms with Gasteiger partial charge in [0, 0.05) is 19.8 Å². The number of hydrogen-bond donors (Lipinski definition) is 14. The van der Waals surface area contributed by atoms with E-state index >= 15 is 0 Å². The Bertz CT molecular complexity index is 1740. The lowest BCUT2D eigenvalue weighted by molar-refractivity contribution is -0.386. The number of rotatable bonds is 45. The minimum Gasteiger partial charge on any atom is -0.477 e. The second-order valence-corrected chi connectivity index (χ2v) is 22.9. The number of aliphatic carboxylic acids is 1. The van der Waals surface area contributed by atoms with Crippen molar-refractivity contribution in [1.29, 1.82) is 0 Å². The zero-order valence-electron chi connectivity index (χ0n) is 49.3. The molecule has 0 aromatic rings. The lowest BCUT2D eigenvalue weighted by Crippen LogP contribution is -2.70. The van der Waals surface area contributed by atoms with E-state index < -0.39 is 155 Å². The quantitative estimate of drug-likeness (QED) is 0.0307. The van der Waals surface area contributed by atoms with Gasteiger partial charge in [0.05, 0.1) is 50.7 Å². The van der Waals surface area contributed by atoms with E-state index in [9.17, 15) is 75.7 Å². The Morgan fingerprint density at radius 2 is 1.13 bits per heavy atom. The maximum absolute atomic E-state index is 13.4. The van der Waals surface area contributed by atoms with Gasteiger partial charge in [-0.25, -0.2) is 4.79 Å². The standard InChI is InChI=1S/C59H108N2O21/c1-4-6-8-10-12-14-16-18-19-21-23-25-27-29-31-33-46(69)61-40(41(66)32-30-28-26-24-22-20-17-15-13-11-9-7-5-2)38-77-56-51(73)50(72)53(45(37-64)79-56)80-57-52(74)55(49(71)44(36-63)78-57)82-59(58(75)76)34-42(67)47(60-39(3)65)54(81-59)48(70)43(68)35-62/h30,32,40-45,47-57,62-64,66-68,70-74H,4-29,31,33-38H2,1-3H3,(H,60,65)(H,61,69)(H,75,76)/t40-,41+,42-,43+,44+,45+,47+,48+,49-,50+,51?,52+,53+,54?,55-,56+,57-,59-/m0/s1. The largest absolute Gasteiger partial charge is 0.477 e. The van der Waals surface area contributed by atoms with E-state index in [-0.39, 0.29) is 12.3 Å². The number of carboxylic acids is 1. The number of aliphatic hydroxyl groups is 11. The van der Waals surface area contributed by atoms with Crippen LogP contribution in [-0.4, -0.2) is 215 Å². The maximum Gasteiger partial charge on any atom is 0.364 e. The van der Waals surface area contributed by atoms with Crippen molar-refractivity contribution in [3.05, 3.63) is 12.2 Å². The van der Waals surface area contributed by atoms with Crippen molar-refractivity contribution >= 4 is 17.8 Å². The van der Waals surface area contributed by atoms with Crippen LogP contribution in [0.25, 0.3) is 0 Å². The fourth-order valence-corrected chi connectivity index (χ4v) is 10.9. The SMILES string of the molecule is CCCCCCCCCCCCCC=C[C@@H](O)[C@H](CO[C@@H]1O[C@H](CO)[C@@H](O[C@@H]2O[C@H](CO)[C@H](O)[C@H](O[C@]3(C(=O)O)C[C@H](O)[C@@H](NC(C)=O)C([C@H](O)[C@H](O)CO)O3)[C@H]2O)[C@H](O)C1O)NC(=O)CCCCCCCCCCCCCCCCC. The van der Waals surface area contributed by atoms with Crippen LogP contribution in [0, 0.1) is 0 Å². The van der Waals surface area contributed by atoms with Gasteiger partial charge in [-0.15, -0.1) is 0 Å². The third kappa shape index (κ3) is 25.4. The number of ether oxygens (including phenoxy) is 6. The summed E-state index contributed by atoms with van der Waals surface area (Å²) in [6.45, 7) is 2.10. The topological polar surface area (TPSA) is 373 Å². The minimum atomic E-state index is -3.08. The molecule has 480 valence electrons. The number of hydrogen-bond acceptors (Lipinski definition) is 20. The molecule has 0 aromatic carbocycles. The molecule has 2 unspecified atom stereocenters. The van der Waals surface area contributed by atoms with Gasteiger partial charge < -0.3 is 100 Å². The molecule has 2 amide bonds. The van der Waals surface area contributed by atoms with Crippen molar-refractivity contribution in [3.63, 3.8) is 0 Å². The third-order valence-electron chi connectivity index (χ3n) is 16.0. The average molecular weight is 1180 g/mol.